The smallest absolute Gasteiger partial charge is 0.333 e. The van der Waals surface area contributed by atoms with Gasteiger partial charge in [-0.2, -0.15) is 0 Å². The molecule has 2 rings (SSSR count). The first-order chi connectivity index (χ1) is 13.1. The van der Waals surface area contributed by atoms with Crippen molar-refractivity contribution in [1.82, 2.24) is 5.32 Å². The number of alkyl halides is 2. The van der Waals surface area contributed by atoms with E-state index in [2.05, 4.69) is 25.0 Å². The zero-order valence-electron chi connectivity index (χ0n) is 17.1. The van der Waals surface area contributed by atoms with Crippen LogP contribution in [0, 0.1) is 0 Å². The fraction of sp³-hybridized carbons (Fsp3) is 0.571. The average Bonchev–Trinajstić information content (AvgIpc) is 2.62. The van der Waals surface area contributed by atoms with Gasteiger partial charge in [-0.05, 0) is 11.6 Å². The van der Waals surface area contributed by atoms with E-state index in [9.17, 15) is 4.79 Å². The Bertz CT molecular complexity index is 676. The number of allylic oxidation sites excluding steroid dienone is 1. The molecule has 156 valence electrons. The lowest BCUT2D eigenvalue weighted by Gasteiger charge is -2.42. The van der Waals surface area contributed by atoms with Crippen molar-refractivity contribution in [3.8, 4) is 0 Å². The number of esters is 1. The Balaban J connectivity index is 2.30. The van der Waals surface area contributed by atoms with Crippen LogP contribution in [0.2, 0.25) is 25.7 Å². The number of rotatable bonds is 9. The molecule has 1 aromatic rings. The first kappa shape index (κ1) is 22.7. The molecule has 0 radical (unpaired) electrons. The third kappa shape index (κ3) is 5.49. The highest BCUT2D eigenvalue weighted by atomic mass is 28.3. The summed E-state index contributed by atoms with van der Waals surface area (Å²) in [6.07, 6.45) is 2.42. The Hall–Kier alpha value is -1.57. The number of carbonyl (C=O) groups excluding carboxylic acids is 1. The topological polar surface area (TPSA) is 47.6 Å². The Morgan fingerprint density at radius 2 is 1.82 bits per heavy atom. The minimum absolute atomic E-state index is 0.126. The molecule has 0 amide bonds. The summed E-state index contributed by atoms with van der Waals surface area (Å²) in [5.41, 5.74) is -1.33. The molecule has 0 saturated carbocycles. The highest BCUT2D eigenvalue weighted by molar-refractivity contribution is 6.76. The molecule has 0 aliphatic heterocycles. The van der Waals surface area contributed by atoms with Gasteiger partial charge >= 0.3 is 5.97 Å². The second kappa shape index (κ2) is 9.28. The summed E-state index contributed by atoms with van der Waals surface area (Å²) in [7, 11) is 0.0594. The van der Waals surface area contributed by atoms with Gasteiger partial charge < -0.3 is 9.47 Å². The van der Waals surface area contributed by atoms with Gasteiger partial charge in [-0.15, -0.1) is 0 Å². The van der Waals surface area contributed by atoms with Gasteiger partial charge in [0.25, 0.3) is 5.92 Å². The molecule has 2 atom stereocenters. The molecule has 4 nitrogen and oxygen atoms in total. The number of hydrogen-bond donors (Lipinski definition) is 1. The molecule has 1 N–H and O–H groups in total. The molecule has 0 spiro atoms. The lowest BCUT2D eigenvalue weighted by Crippen LogP contribution is -2.66. The molecule has 0 heterocycles. The van der Waals surface area contributed by atoms with Crippen LogP contribution in [0.5, 0.6) is 0 Å². The number of benzene rings is 1. The van der Waals surface area contributed by atoms with Crippen LogP contribution in [0.3, 0.4) is 0 Å². The summed E-state index contributed by atoms with van der Waals surface area (Å²) in [6.45, 7) is 6.77. The van der Waals surface area contributed by atoms with Gasteiger partial charge in [0.05, 0.1) is 19.3 Å². The molecule has 7 heteroatoms. The zero-order chi connectivity index (χ0) is 20.8. The fourth-order valence-corrected chi connectivity index (χ4v) is 3.93. The van der Waals surface area contributed by atoms with E-state index in [1.165, 1.54) is 13.2 Å². The van der Waals surface area contributed by atoms with Gasteiger partial charge in [-0.3, -0.25) is 5.32 Å². The lowest BCUT2D eigenvalue weighted by atomic mass is 9.80. The van der Waals surface area contributed by atoms with E-state index in [-0.39, 0.29) is 19.6 Å². The molecule has 0 bridgehead atoms. The SMILES string of the molecule is COC[C@H](N[C@]1(C(=O)OCC[Si](C)(C)C)CC=CCC1(F)F)c1ccccc1. The molecular weight excluding hydrogens is 380 g/mol. The summed E-state index contributed by atoms with van der Waals surface area (Å²) >= 11 is 0. The summed E-state index contributed by atoms with van der Waals surface area (Å²) in [6, 6.07) is 9.35. The van der Waals surface area contributed by atoms with Crippen LogP contribution in [-0.4, -0.2) is 45.8 Å². The maximum atomic E-state index is 15.1. The highest BCUT2D eigenvalue weighted by Crippen LogP contribution is 2.41. The van der Waals surface area contributed by atoms with Gasteiger partial charge in [0.15, 0.2) is 5.54 Å². The second-order valence-corrected chi connectivity index (χ2v) is 14.1. The summed E-state index contributed by atoms with van der Waals surface area (Å²) in [5, 5.41) is 2.93. The van der Waals surface area contributed by atoms with E-state index >= 15 is 8.78 Å². The monoisotopic (exact) mass is 411 g/mol. The number of halogens is 2. The zero-order valence-corrected chi connectivity index (χ0v) is 18.1. The first-order valence-electron chi connectivity index (χ1n) is 9.63. The van der Waals surface area contributed by atoms with Gasteiger partial charge in [-0.25, -0.2) is 13.6 Å². The standard InChI is InChI=1S/C21H31F2NO3Si/c1-26-16-18(17-10-6-5-7-11-17)24-20(12-8-9-13-21(20,22)23)19(25)27-14-15-28(2,3)4/h5-11,18,24H,12-16H2,1-4H3/t18-,20-/m0/s1. The number of nitrogens with one attached hydrogen (secondary N) is 1. The van der Waals surface area contributed by atoms with Gasteiger partial charge in [-0.1, -0.05) is 62.1 Å². The third-order valence-electron chi connectivity index (χ3n) is 4.98. The van der Waals surface area contributed by atoms with E-state index in [1.807, 2.05) is 30.3 Å². The molecule has 0 fully saturated rings. The summed E-state index contributed by atoms with van der Waals surface area (Å²) < 4.78 is 40.8. The Morgan fingerprint density at radius 1 is 1.18 bits per heavy atom. The summed E-state index contributed by atoms with van der Waals surface area (Å²) in [4.78, 5) is 13.0. The summed E-state index contributed by atoms with van der Waals surface area (Å²) in [5.74, 6) is -4.16. The molecule has 0 unspecified atom stereocenters. The predicted octanol–water partition coefficient (Wildman–Crippen LogP) is 4.57. The van der Waals surface area contributed by atoms with Crippen molar-refractivity contribution in [2.75, 3.05) is 20.3 Å². The number of hydrogen-bond acceptors (Lipinski definition) is 4. The molecule has 0 saturated heterocycles. The van der Waals surface area contributed by atoms with Crippen LogP contribution in [0.15, 0.2) is 42.5 Å². The van der Waals surface area contributed by atoms with Gasteiger partial charge in [0.2, 0.25) is 0 Å². The molecule has 1 aromatic carbocycles. The Morgan fingerprint density at radius 3 is 2.39 bits per heavy atom. The number of methoxy groups -OCH3 is 1. The fourth-order valence-electron chi connectivity index (χ4n) is 3.21. The normalized spacial score (nSPS) is 22.6. The van der Waals surface area contributed by atoms with E-state index < -0.39 is 38.0 Å². The van der Waals surface area contributed by atoms with E-state index in [1.54, 1.807) is 6.08 Å². The quantitative estimate of drug-likeness (QED) is 0.367. The highest BCUT2D eigenvalue weighted by Gasteiger charge is 2.60. The minimum Gasteiger partial charge on any atom is -0.464 e. The van der Waals surface area contributed by atoms with Crippen molar-refractivity contribution in [1.29, 1.82) is 0 Å². The minimum atomic E-state index is -3.27. The molecule has 1 aliphatic carbocycles. The predicted molar refractivity (Wildman–Crippen MR) is 109 cm³/mol. The Labute approximate surface area is 167 Å². The molecule has 0 aromatic heterocycles. The van der Waals surface area contributed by atoms with E-state index in [0.717, 1.165) is 11.6 Å². The van der Waals surface area contributed by atoms with Crippen molar-refractivity contribution < 1.29 is 23.0 Å². The van der Waals surface area contributed by atoms with Crippen LogP contribution in [-0.2, 0) is 14.3 Å². The Kier molecular flexibility index (Phi) is 7.53. The first-order valence-corrected chi connectivity index (χ1v) is 13.3. The van der Waals surface area contributed by atoms with Crippen molar-refractivity contribution in [2.45, 2.75) is 56.0 Å². The van der Waals surface area contributed by atoms with Gasteiger partial charge in [0, 0.05) is 28.0 Å². The van der Waals surface area contributed by atoms with Crippen molar-refractivity contribution in [2.24, 2.45) is 0 Å². The largest absolute Gasteiger partial charge is 0.464 e. The van der Waals surface area contributed by atoms with Gasteiger partial charge in [0.1, 0.15) is 0 Å². The van der Waals surface area contributed by atoms with Crippen molar-refractivity contribution in [3.63, 3.8) is 0 Å². The molecule has 28 heavy (non-hydrogen) atoms. The molecule has 1 aliphatic rings. The maximum Gasteiger partial charge on any atom is 0.333 e. The van der Waals surface area contributed by atoms with Crippen LogP contribution >= 0.6 is 0 Å². The second-order valence-electron chi connectivity index (χ2n) is 8.50. The molecular formula is C21H31F2NO3Si. The third-order valence-corrected chi connectivity index (χ3v) is 6.68. The van der Waals surface area contributed by atoms with Crippen molar-refractivity contribution >= 4 is 14.0 Å². The van der Waals surface area contributed by atoms with Crippen LogP contribution in [0.4, 0.5) is 8.78 Å². The van der Waals surface area contributed by atoms with E-state index in [4.69, 9.17) is 9.47 Å². The van der Waals surface area contributed by atoms with Crippen LogP contribution in [0.25, 0.3) is 0 Å². The van der Waals surface area contributed by atoms with E-state index in [0.29, 0.717) is 0 Å². The van der Waals surface area contributed by atoms with Crippen LogP contribution in [0.1, 0.15) is 24.4 Å². The van der Waals surface area contributed by atoms with Crippen LogP contribution < -0.4 is 5.32 Å². The maximum absolute atomic E-state index is 15.1. The number of ether oxygens (including phenoxy) is 2. The lowest BCUT2D eigenvalue weighted by molar-refractivity contribution is -0.174. The van der Waals surface area contributed by atoms with Crippen molar-refractivity contribution in [3.05, 3.63) is 48.0 Å². The average molecular weight is 412 g/mol. The number of carbonyl (C=O) groups is 1.